The molecule has 318 valence electrons. The van der Waals surface area contributed by atoms with Crippen LogP contribution in [0.3, 0.4) is 0 Å². The number of hydrogen-bond acceptors (Lipinski definition) is 8. The minimum atomic E-state index is -2.69. The number of para-hydroxylation sites is 1. The van der Waals surface area contributed by atoms with Crippen LogP contribution in [0.5, 0.6) is 0 Å². The van der Waals surface area contributed by atoms with Gasteiger partial charge in [-0.1, -0.05) is 18.2 Å². The van der Waals surface area contributed by atoms with E-state index in [0.29, 0.717) is 69.9 Å². The van der Waals surface area contributed by atoms with E-state index in [1.54, 1.807) is 17.0 Å². The number of H-pyrrole nitrogens is 1. The second-order valence-corrected chi connectivity index (χ2v) is 17.4. The molecule has 5 amide bonds. The Hall–Kier alpha value is -5.61. The second-order valence-electron chi connectivity index (χ2n) is 17.4. The van der Waals surface area contributed by atoms with Crippen LogP contribution in [0.2, 0.25) is 0 Å². The van der Waals surface area contributed by atoms with Gasteiger partial charge in [0.05, 0.1) is 23.7 Å². The zero-order chi connectivity index (χ0) is 42.4. The zero-order valence-electron chi connectivity index (χ0n) is 33.6. The van der Waals surface area contributed by atoms with Crippen molar-refractivity contribution in [2.24, 2.45) is 5.92 Å². The molecule has 1 aromatic heterocycles. The van der Waals surface area contributed by atoms with E-state index >= 15 is 8.78 Å². The summed E-state index contributed by atoms with van der Waals surface area (Å²) in [5.41, 5.74) is 4.34. The Kier molecular flexibility index (Phi) is 9.77. The number of carbonyl (C=O) groups excluding carboxylic acids is 5. The number of aromatic amines is 1. The molecule has 3 saturated heterocycles. The van der Waals surface area contributed by atoms with Crippen molar-refractivity contribution in [3.05, 3.63) is 99.2 Å². The predicted molar refractivity (Wildman–Crippen MR) is 215 cm³/mol. The maximum atomic E-state index is 16.3. The number of amides is 5. The average molecular weight is 840 g/mol. The van der Waals surface area contributed by atoms with Crippen LogP contribution < -0.4 is 10.2 Å². The summed E-state index contributed by atoms with van der Waals surface area (Å²) in [6.45, 7) is 4.29. The molecule has 0 aliphatic carbocycles. The highest BCUT2D eigenvalue weighted by molar-refractivity contribution is 6.23. The van der Waals surface area contributed by atoms with E-state index in [-0.39, 0.29) is 53.4 Å². The summed E-state index contributed by atoms with van der Waals surface area (Å²) in [4.78, 5) is 76.4. The number of imide groups is 2. The SMILES string of the molecule is C[C@@H]1Cc2c([nH]c3ccccc23)[C@@H](c2c(F)cc(N3CCC(N4CCC(C(=O)N5Cc6cc7c(cc6C5)C(=O)N(C5CCC(=O)NC5=O)C7=O)CC4)C3)cc2F)N1CC(F)F. The molecular weight excluding hydrogens is 795 g/mol. The molecule has 4 aromatic rings. The Labute approximate surface area is 348 Å². The van der Waals surface area contributed by atoms with Gasteiger partial charge in [-0.05, 0) is 99.1 Å². The monoisotopic (exact) mass is 839 g/mol. The smallest absolute Gasteiger partial charge is 0.262 e. The van der Waals surface area contributed by atoms with Gasteiger partial charge < -0.3 is 14.8 Å². The normalized spacial score (nSPS) is 24.9. The van der Waals surface area contributed by atoms with E-state index in [2.05, 4.69) is 15.2 Å². The molecule has 2 unspecified atom stereocenters. The first kappa shape index (κ1) is 39.5. The highest BCUT2D eigenvalue weighted by Crippen LogP contribution is 2.44. The van der Waals surface area contributed by atoms with E-state index in [9.17, 15) is 32.8 Å². The number of nitrogens with zero attached hydrogens (tertiary/aromatic N) is 5. The minimum Gasteiger partial charge on any atom is -0.370 e. The van der Waals surface area contributed by atoms with Gasteiger partial charge in [-0.25, -0.2) is 17.6 Å². The largest absolute Gasteiger partial charge is 0.370 e. The summed E-state index contributed by atoms with van der Waals surface area (Å²) in [5.74, 6) is -4.01. The van der Waals surface area contributed by atoms with E-state index in [1.165, 1.54) is 17.0 Å². The number of aromatic nitrogens is 1. The number of anilines is 1. The molecular formula is C45H45F4N7O5. The Morgan fingerprint density at radius 1 is 0.869 bits per heavy atom. The van der Waals surface area contributed by atoms with Crippen molar-refractivity contribution in [3.63, 3.8) is 0 Å². The first-order valence-electron chi connectivity index (χ1n) is 21.1. The summed E-state index contributed by atoms with van der Waals surface area (Å²) in [6, 6.07) is 11.2. The molecule has 3 aromatic carbocycles. The Bertz CT molecular complexity index is 2450. The number of rotatable bonds is 7. The van der Waals surface area contributed by atoms with Crippen LogP contribution >= 0.6 is 0 Å². The molecule has 61 heavy (non-hydrogen) atoms. The maximum absolute atomic E-state index is 16.3. The standard InChI is InChI=1S/C45H45F4N7O5/c1-23-14-30-29-4-2-3-5-35(29)50-40(30)41(55(23)22-37(48)49)39-33(46)17-28(18-34(39)47)53-13-10-27(21-53)52-11-8-24(9-12-52)43(59)54-19-25-15-31-32(16-26(25)20-54)45(61)56(44(31)60)36-6-7-38(57)51-42(36)58/h2-5,15-18,23-24,27,36-37,41,50H,6-14,19-22H2,1H3,(H,51,57,58)/t23-,27?,36?,41-/m1/s1. The van der Waals surface area contributed by atoms with Crippen LogP contribution in [-0.4, -0.2) is 111 Å². The fourth-order valence-electron chi connectivity index (χ4n) is 10.8. The molecule has 2 N–H and O–H groups in total. The summed E-state index contributed by atoms with van der Waals surface area (Å²) in [6.07, 6.45) is -0.0515. The second kappa shape index (κ2) is 15.1. The number of carbonyl (C=O) groups is 5. The molecule has 6 aliphatic heterocycles. The number of alkyl halides is 2. The lowest BCUT2D eigenvalue weighted by molar-refractivity contribution is -0.138. The Morgan fingerprint density at radius 3 is 2.20 bits per heavy atom. The number of hydrogen-bond donors (Lipinski definition) is 2. The van der Waals surface area contributed by atoms with Crippen LogP contribution in [0, 0.1) is 17.6 Å². The Morgan fingerprint density at radius 2 is 1.54 bits per heavy atom. The van der Waals surface area contributed by atoms with Crippen molar-refractivity contribution in [2.75, 3.05) is 37.6 Å². The summed E-state index contributed by atoms with van der Waals surface area (Å²) >= 11 is 0. The first-order valence-corrected chi connectivity index (χ1v) is 21.1. The molecule has 7 heterocycles. The van der Waals surface area contributed by atoms with Crippen molar-refractivity contribution < 1.29 is 41.5 Å². The van der Waals surface area contributed by atoms with Crippen LogP contribution in [0.25, 0.3) is 10.9 Å². The van der Waals surface area contributed by atoms with Crippen molar-refractivity contribution in [1.82, 2.24) is 29.9 Å². The third-order valence-corrected chi connectivity index (χ3v) is 13.9. The van der Waals surface area contributed by atoms with Gasteiger partial charge in [0.15, 0.2) is 0 Å². The van der Waals surface area contributed by atoms with Gasteiger partial charge in [0.1, 0.15) is 17.7 Å². The molecule has 0 bridgehead atoms. The zero-order valence-corrected chi connectivity index (χ0v) is 33.6. The van der Waals surface area contributed by atoms with Crippen molar-refractivity contribution in [3.8, 4) is 0 Å². The number of benzene rings is 3. The van der Waals surface area contributed by atoms with Crippen LogP contribution in [0.1, 0.15) is 93.7 Å². The lowest BCUT2D eigenvalue weighted by Crippen LogP contribution is -2.54. The van der Waals surface area contributed by atoms with Crippen molar-refractivity contribution >= 4 is 46.1 Å². The minimum absolute atomic E-state index is 0.0111. The van der Waals surface area contributed by atoms with Gasteiger partial charge in [0.25, 0.3) is 18.2 Å². The van der Waals surface area contributed by atoms with E-state index in [0.717, 1.165) is 38.9 Å². The van der Waals surface area contributed by atoms with Gasteiger partial charge >= 0.3 is 0 Å². The molecule has 3 fully saturated rings. The first-order chi connectivity index (χ1) is 29.3. The molecule has 0 saturated carbocycles. The van der Waals surface area contributed by atoms with Gasteiger partial charge in [-0.3, -0.25) is 44.0 Å². The number of piperidine rings is 2. The fourth-order valence-corrected chi connectivity index (χ4v) is 10.8. The van der Waals surface area contributed by atoms with Gasteiger partial charge in [-0.2, -0.15) is 0 Å². The highest BCUT2D eigenvalue weighted by Gasteiger charge is 2.46. The highest BCUT2D eigenvalue weighted by atomic mass is 19.3. The predicted octanol–water partition coefficient (Wildman–Crippen LogP) is 5.28. The van der Waals surface area contributed by atoms with E-state index in [1.807, 2.05) is 36.1 Å². The molecule has 0 spiro atoms. The van der Waals surface area contributed by atoms with E-state index in [4.69, 9.17) is 0 Å². The average Bonchev–Trinajstić information content (AvgIpc) is 4.02. The van der Waals surface area contributed by atoms with Crippen LogP contribution in [0.15, 0.2) is 48.5 Å². The molecule has 10 rings (SSSR count). The number of fused-ring (bicyclic) bond motifs is 5. The summed E-state index contributed by atoms with van der Waals surface area (Å²) in [7, 11) is 0. The quantitative estimate of drug-likeness (QED) is 0.190. The van der Waals surface area contributed by atoms with Crippen LogP contribution in [-0.2, 0) is 33.9 Å². The molecule has 4 atom stereocenters. The van der Waals surface area contributed by atoms with Crippen molar-refractivity contribution in [1.29, 1.82) is 0 Å². The fraction of sp³-hybridized carbons (Fsp3) is 0.444. The van der Waals surface area contributed by atoms with Gasteiger partial charge in [-0.15, -0.1) is 0 Å². The summed E-state index contributed by atoms with van der Waals surface area (Å²) in [5, 5.41) is 3.13. The molecule has 12 nitrogen and oxygen atoms in total. The van der Waals surface area contributed by atoms with Gasteiger partial charge in [0.2, 0.25) is 17.7 Å². The van der Waals surface area contributed by atoms with E-state index < -0.39 is 60.3 Å². The molecule has 16 heteroatoms. The van der Waals surface area contributed by atoms with Crippen molar-refractivity contribution in [2.45, 2.75) is 89.1 Å². The molecule has 0 radical (unpaired) electrons. The van der Waals surface area contributed by atoms with Gasteiger partial charge in [0, 0.05) is 78.4 Å². The lowest BCUT2D eigenvalue weighted by atomic mass is 9.88. The number of halogens is 4. The Balaban J connectivity index is 0.778. The third-order valence-electron chi connectivity index (χ3n) is 13.9. The summed E-state index contributed by atoms with van der Waals surface area (Å²) < 4.78 is 60.5. The number of likely N-dealkylation sites (tertiary alicyclic amines) is 1. The lowest BCUT2D eigenvalue weighted by Gasteiger charge is -2.41. The maximum Gasteiger partial charge on any atom is 0.262 e. The third kappa shape index (κ3) is 6.69. The molecule has 6 aliphatic rings. The number of nitrogens with one attached hydrogen (secondary N) is 2. The topological polar surface area (TPSA) is 129 Å². The van der Waals surface area contributed by atoms with Crippen LogP contribution in [0.4, 0.5) is 23.2 Å².